The summed E-state index contributed by atoms with van der Waals surface area (Å²) in [5.74, 6) is 0.320. The van der Waals surface area contributed by atoms with E-state index < -0.39 is 10.8 Å². The molecule has 0 spiro atoms. The lowest BCUT2D eigenvalue weighted by molar-refractivity contribution is -0.128. The first-order valence-corrected chi connectivity index (χ1v) is 8.60. The van der Waals surface area contributed by atoms with Crippen LogP contribution in [0, 0.1) is 6.92 Å². The smallest absolute Gasteiger partial charge is 0.235 e. The molecule has 0 aromatic carbocycles. The predicted octanol–water partition coefficient (Wildman–Crippen LogP) is 1.76. The molecule has 114 valence electrons. The first-order chi connectivity index (χ1) is 10.0. The predicted molar refractivity (Wildman–Crippen MR) is 84.6 cm³/mol. The van der Waals surface area contributed by atoms with Crippen molar-refractivity contribution in [3.63, 3.8) is 0 Å². The summed E-state index contributed by atoms with van der Waals surface area (Å²) in [6.07, 6.45) is 1.89. The van der Waals surface area contributed by atoms with E-state index in [1.54, 1.807) is 4.90 Å². The molecule has 0 aliphatic heterocycles. The molecule has 1 atom stereocenters. The summed E-state index contributed by atoms with van der Waals surface area (Å²) in [7, 11) is -1.23. The Bertz CT molecular complexity index is 662. The summed E-state index contributed by atoms with van der Waals surface area (Å²) in [6.45, 7) is 7.16. The van der Waals surface area contributed by atoms with Crippen LogP contribution < -0.4 is 0 Å². The number of aryl methyl sites for hydroxylation is 1. The molecule has 0 N–H and O–H groups in total. The Balaban J connectivity index is 2.04. The average molecular weight is 307 g/mol. The van der Waals surface area contributed by atoms with E-state index in [9.17, 15) is 9.00 Å². The molecular formula is C15H21N3O2S. The maximum Gasteiger partial charge on any atom is 0.235 e. The molecule has 2 rings (SSSR count). The summed E-state index contributed by atoms with van der Waals surface area (Å²) < 4.78 is 14.1. The van der Waals surface area contributed by atoms with Crippen molar-refractivity contribution in [3.8, 4) is 0 Å². The van der Waals surface area contributed by atoms with Gasteiger partial charge in [0.2, 0.25) is 5.91 Å². The van der Waals surface area contributed by atoms with Crippen molar-refractivity contribution >= 4 is 22.4 Å². The second kappa shape index (κ2) is 6.85. The number of fused-ring (bicyclic) bond motifs is 1. The minimum atomic E-state index is -1.23. The lowest BCUT2D eigenvalue weighted by Gasteiger charge is -2.17. The minimum Gasteiger partial charge on any atom is -0.342 e. The first-order valence-electron chi connectivity index (χ1n) is 7.11. The topological polar surface area (TPSA) is 54.7 Å². The van der Waals surface area contributed by atoms with Gasteiger partial charge in [-0.3, -0.25) is 9.00 Å². The van der Waals surface area contributed by atoms with E-state index in [1.165, 1.54) is 0 Å². The van der Waals surface area contributed by atoms with Gasteiger partial charge in [-0.05, 0) is 32.9 Å². The van der Waals surface area contributed by atoms with Gasteiger partial charge in [-0.15, -0.1) is 0 Å². The molecule has 21 heavy (non-hydrogen) atoms. The summed E-state index contributed by atoms with van der Waals surface area (Å²) in [5, 5.41) is 0. The van der Waals surface area contributed by atoms with Gasteiger partial charge in [0, 0.05) is 35.8 Å². The SMILES string of the molecule is CCN(CC)C(=O)C[S@](=O)Cc1cn2c(C)cccc2n1. The lowest BCUT2D eigenvalue weighted by Crippen LogP contribution is -2.34. The van der Waals surface area contributed by atoms with Crippen molar-refractivity contribution in [1.82, 2.24) is 14.3 Å². The van der Waals surface area contributed by atoms with Gasteiger partial charge < -0.3 is 9.30 Å². The van der Waals surface area contributed by atoms with Gasteiger partial charge in [-0.25, -0.2) is 4.98 Å². The van der Waals surface area contributed by atoms with Gasteiger partial charge in [0.25, 0.3) is 0 Å². The molecule has 0 unspecified atom stereocenters. The number of amides is 1. The number of hydrogen-bond acceptors (Lipinski definition) is 3. The van der Waals surface area contributed by atoms with Crippen molar-refractivity contribution in [1.29, 1.82) is 0 Å². The highest BCUT2D eigenvalue weighted by molar-refractivity contribution is 7.84. The molecule has 1 amide bonds. The van der Waals surface area contributed by atoms with Gasteiger partial charge in [0.15, 0.2) is 0 Å². The van der Waals surface area contributed by atoms with Gasteiger partial charge >= 0.3 is 0 Å². The zero-order chi connectivity index (χ0) is 15.4. The second-order valence-electron chi connectivity index (χ2n) is 4.92. The monoisotopic (exact) mass is 307 g/mol. The molecular weight excluding hydrogens is 286 g/mol. The Hall–Kier alpha value is -1.69. The van der Waals surface area contributed by atoms with E-state index in [0.29, 0.717) is 18.8 Å². The number of aromatic nitrogens is 2. The number of pyridine rings is 1. The molecule has 0 fully saturated rings. The van der Waals surface area contributed by atoms with Crippen molar-refractivity contribution in [2.24, 2.45) is 0 Å². The highest BCUT2D eigenvalue weighted by Gasteiger charge is 2.15. The Morgan fingerprint density at radius 2 is 2.05 bits per heavy atom. The third-order valence-corrected chi connectivity index (χ3v) is 4.64. The van der Waals surface area contributed by atoms with Crippen LogP contribution in [-0.2, 0) is 21.3 Å². The molecule has 6 heteroatoms. The van der Waals surface area contributed by atoms with Crippen LogP contribution >= 0.6 is 0 Å². The molecule has 0 saturated heterocycles. The normalized spacial score (nSPS) is 12.5. The molecule has 0 radical (unpaired) electrons. The average Bonchev–Trinajstić information content (AvgIpc) is 2.83. The maximum atomic E-state index is 12.1. The Kier molecular flexibility index (Phi) is 5.12. The fraction of sp³-hybridized carbons (Fsp3) is 0.467. The molecule has 2 aromatic rings. The molecule has 0 saturated carbocycles. The molecule has 5 nitrogen and oxygen atoms in total. The van der Waals surface area contributed by atoms with Crippen LogP contribution in [-0.4, -0.2) is 43.2 Å². The largest absolute Gasteiger partial charge is 0.342 e. The van der Waals surface area contributed by atoms with Crippen LogP contribution in [0.1, 0.15) is 25.2 Å². The summed E-state index contributed by atoms with van der Waals surface area (Å²) in [4.78, 5) is 18.1. The van der Waals surface area contributed by atoms with Crippen molar-refractivity contribution in [2.45, 2.75) is 26.5 Å². The number of carbonyl (C=O) groups is 1. The van der Waals surface area contributed by atoms with E-state index in [-0.39, 0.29) is 11.7 Å². The Labute approximate surface area is 127 Å². The molecule has 0 bridgehead atoms. The fourth-order valence-electron chi connectivity index (χ4n) is 2.29. The highest BCUT2D eigenvalue weighted by Crippen LogP contribution is 2.10. The number of nitrogens with zero attached hydrogens (tertiary/aromatic N) is 3. The standard InChI is InChI=1S/C15H21N3O2S/c1-4-17(5-2)15(19)11-21(20)10-13-9-18-12(3)7-6-8-14(18)16-13/h6-9H,4-5,10-11H2,1-3H3/t21-/m1/s1. The van der Waals surface area contributed by atoms with E-state index in [0.717, 1.165) is 17.0 Å². The molecule has 0 aliphatic rings. The summed E-state index contributed by atoms with van der Waals surface area (Å²) >= 11 is 0. The number of carbonyl (C=O) groups excluding carboxylic acids is 1. The molecule has 2 aromatic heterocycles. The summed E-state index contributed by atoms with van der Waals surface area (Å²) in [6, 6.07) is 5.86. The minimum absolute atomic E-state index is 0.0571. The highest BCUT2D eigenvalue weighted by atomic mass is 32.2. The van der Waals surface area contributed by atoms with Crippen LogP contribution in [0.15, 0.2) is 24.4 Å². The quantitative estimate of drug-likeness (QED) is 0.817. The third-order valence-electron chi connectivity index (χ3n) is 3.46. The van der Waals surface area contributed by atoms with E-state index >= 15 is 0 Å². The zero-order valence-corrected chi connectivity index (χ0v) is 13.5. The van der Waals surface area contributed by atoms with E-state index in [2.05, 4.69) is 4.98 Å². The second-order valence-corrected chi connectivity index (χ2v) is 6.38. The lowest BCUT2D eigenvalue weighted by atomic mass is 10.4. The number of imidazole rings is 1. The van der Waals surface area contributed by atoms with Gasteiger partial charge in [-0.1, -0.05) is 6.07 Å². The number of rotatable bonds is 6. The first kappa shape index (κ1) is 15.7. The third kappa shape index (κ3) is 3.69. The van der Waals surface area contributed by atoms with Crippen LogP contribution in [0.2, 0.25) is 0 Å². The van der Waals surface area contributed by atoms with Crippen LogP contribution in [0.3, 0.4) is 0 Å². The summed E-state index contributed by atoms with van der Waals surface area (Å²) in [5.41, 5.74) is 2.68. The van der Waals surface area contributed by atoms with Gasteiger partial charge in [0.05, 0.1) is 11.4 Å². The van der Waals surface area contributed by atoms with Gasteiger partial charge in [-0.2, -0.15) is 0 Å². The van der Waals surface area contributed by atoms with Gasteiger partial charge in [0.1, 0.15) is 11.4 Å². The van der Waals surface area contributed by atoms with Crippen LogP contribution in [0.4, 0.5) is 0 Å². The fourth-order valence-corrected chi connectivity index (χ4v) is 3.32. The van der Waals surface area contributed by atoms with Crippen LogP contribution in [0.5, 0.6) is 0 Å². The van der Waals surface area contributed by atoms with Crippen molar-refractivity contribution < 1.29 is 9.00 Å². The zero-order valence-electron chi connectivity index (χ0n) is 12.7. The molecule has 2 heterocycles. The van der Waals surface area contributed by atoms with Crippen LogP contribution in [0.25, 0.3) is 5.65 Å². The van der Waals surface area contributed by atoms with Crippen molar-refractivity contribution in [2.75, 3.05) is 18.8 Å². The van der Waals surface area contributed by atoms with E-state index in [1.807, 2.05) is 49.6 Å². The molecule has 0 aliphatic carbocycles. The Morgan fingerprint density at radius 1 is 1.33 bits per heavy atom. The number of hydrogen-bond donors (Lipinski definition) is 0. The van der Waals surface area contributed by atoms with E-state index in [4.69, 9.17) is 0 Å². The Morgan fingerprint density at radius 3 is 2.67 bits per heavy atom. The maximum absolute atomic E-state index is 12.1. The van der Waals surface area contributed by atoms with Crippen molar-refractivity contribution in [3.05, 3.63) is 35.8 Å².